The van der Waals surface area contributed by atoms with Crippen molar-refractivity contribution in [1.29, 1.82) is 0 Å². The molecule has 8 heteroatoms. The molecule has 0 unspecified atom stereocenters. The summed E-state index contributed by atoms with van der Waals surface area (Å²) in [7, 11) is 0. The second kappa shape index (κ2) is 9.73. The summed E-state index contributed by atoms with van der Waals surface area (Å²) >= 11 is 6.38. The summed E-state index contributed by atoms with van der Waals surface area (Å²) in [5.74, 6) is 1.07. The zero-order valence-electron chi connectivity index (χ0n) is 19.3. The monoisotopic (exact) mass is 478 g/mol. The van der Waals surface area contributed by atoms with Crippen molar-refractivity contribution in [2.24, 2.45) is 0 Å². The molecule has 0 spiro atoms. The molecule has 0 aliphatic carbocycles. The van der Waals surface area contributed by atoms with Gasteiger partial charge in [-0.25, -0.2) is 14.4 Å². The predicted octanol–water partition coefficient (Wildman–Crippen LogP) is 5.80. The largest absolute Gasteiger partial charge is 0.472 e. The molecule has 2 aromatic heterocycles. The van der Waals surface area contributed by atoms with Gasteiger partial charge in [-0.2, -0.15) is 4.98 Å². The Morgan fingerprint density at radius 2 is 1.79 bits per heavy atom. The van der Waals surface area contributed by atoms with Crippen molar-refractivity contribution >= 4 is 11.6 Å². The van der Waals surface area contributed by atoms with Gasteiger partial charge in [0, 0.05) is 17.7 Å². The molecule has 4 aromatic rings. The highest BCUT2D eigenvalue weighted by Crippen LogP contribution is 2.26. The average molecular weight is 479 g/mol. The highest BCUT2D eigenvalue weighted by molar-refractivity contribution is 6.31. The van der Waals surface area contributed by atoms with Crippen LogP contribution in [0.1, 0.15) is 42.5 Å². The molecule has 0 N–H and O–H groups in total. The van der Waals surface area contributed by atoms with Gasteiger partial charge in [-0.1, -0.05) is 49.7 Å². The second-order valence-electron chi connectivity index (χ2n) is 8.29. The van der Waals surface area contributed by atoms with Gasteiger partial charge in [-0.3, -0.25) is 9.36 Å². The standard InChI is InChI=1S/C26H24ClFN4O2/c1-15(2)24-29-12-11-21(31-24)19-8-5-16(3)22(13-19)32-17(4)30-25(23(27)26(32)33)34-14-18-6-9-20(28)10-7-18/h5-13,15H,14H2,1-4H3. The molecule has 0 fully saturated rings. The molecule has 2 aromatic carbocycles. The molecule has 0 atom stereocenters. The fourth-order valence-electron chi connectivity index (χ4n) is 3.52. The van der Waals surface area contributed by atoms with Crippen LogP contribution in [0.4, 0.5) is 4.39 Å². The minimum Gasteiger partial charge on any atom is -0.472 e. The summed E-state index contributed by atoms with van der Waals surface area (Å²) in [4.78, 5) is 26.7. The Hall–Kier alpha value is -3.58. The van der Waals surface area contributed by atoms with E-state index in [1.807, 2.05) is 45.0 Å². The van der Waals surface area contributed by atoms with Crippen LogP contribution in [-0.2, 0) is 6.61 Å². The zero-order valence-corrected chi connectivity index (χ0v) is 20.1. The lowest BCUT2D eigenvalue weighted by molar-refractivity contribution is 0.291. The Kier molecular flexibility index (Phi) is 6.75. The van der Waals surface area contributed by atoms with E-state index >= 15 is 0 Å². The van der Waals surface area contributed by atoms with Gasteiger partial charge in [0.1, 0.15) is 24.1 Å². The van der Waals surface area contributed by atoms with E-state index in [-0.39, 0.29) is 29.2 Å². The molecule has 0 aliphatic heterocycles. The molecule has 2 heterocycles. The zero-order chi connectivity index (χ0) is 24.4. The molecule has 4 rings (SSSR count). The third-order valence-corrected chi connectivity index (χ3v) is 5.71. The maximum Gasteiger partial charge on any atom is 0.280 e. The van der Waals surface area contributed by atoms with Crippen LogP contribution in [0, 0.1) is 19.7 Å². The number of halogens is 2. The number of aromatic nitrogens is 4. The van der Waals surface area contributed by atoms with Crippen molar-refractivity contribution in [1.82, 2.24) is 19.5 Å². The van der Waals surface area contributed by atoms with Crippen LogP contribution in [0.3, 0.4) is 0 Å². The van der Waals surface area contributed by atoms with Gasteiger partial charge in [0.05, 0.1) is 11.4 Å². The summed E-state index contributed by atoms with van der Waals surface area (Å²) in [6, 6.07) is 13.5. The Balaban J connectivity index is 1.71. The maximum atomic E-state index is 13.2. The van der Waals surface area contributed by atoms with E-state index in [2.05, 4.69) is 15.0 Å². The molecule has 0 amide bonds. The highest BCUT2D eigenvalue weighted by Gasteiger charge is 2.18. The number of rotatable bonds is 6. The number of hydrogen-bond donors (Lipinski definition) is 0. The quantitative estimate of drug-likeness (QED) is 0.350. The lowest BCUT2D eigenvalue weighted by Crippen LogP contribution is -2.24. The second-order valence-corrected chi connectivity index (χ2v) is 8.67. The van der Waals surface area contributed by atoms with Crippen molar-refractivity contribution in [3.63, 3.8) is 0 Å². The Morgan fingerprint density at radius 1 is 1.06 bits per heavy atom. The molecule has 0 radical (unpaired) electrons. The van der Waals surface area contributed by atoms with Crippen LogP contribution in [0.5, 0.6) is 5.88 Å². The third-order valence-electron chi connectivity index (χ3n) is 5.39. The van der Waals surface area contributed by atoms with Crippen LogP contribution < -0.4 is 10.3 Å². The molecule has 0 bridgehead atoms. The summed E-state index contributed by atoms with van der Waals surface area (Å²) in [6.07, 6.45) is 1.74. The van der Waals surface area contributed by atoms with E-state index in [4.69, 9.17) is 16.3 Å². The smallest absolute Gasteiger partial charge is 0.280 e. The molecular weight excluding hydrogens is 455 g/mol. The van der Waals surface area contributed by atoms with Crippen molar-refractivity contribution in [3.8, 4) is 22.8 Å². The Labute approximate surface area is 202 Å². The lowest BCUT2D eigenvalue weighted by atomic mass is 10.1. The number of ether oxygens (including phenoxy) is 1. The molecule has 174 valence electrons. The van der Waals surface area contributed by atoms with Gasteiger partial charge in [-0.15, -0.1) is 0 Å². The van der Waals surface area contributed by atoms with E-state index in [1.165, 1.54) is 16.7 Å². The van der Waals surface area contributed by atoms with E-state index in [0.29, 0.717) is 11.5 Å². The third kappa shape index (κ3) is 4.84. The van der Waals surface area contributed by atoms with Gasteiger partial charge >= 0.3 is 0 Å². The fraction of sp³-hybridized carbons (Fsp3) is 0.231. The van der Waals surface area contributed by atoms with E-state index in [1.54, 1.807) is 25.3 Å². The first kappa shape index (κ1) is 23.6. The van der Waals surface area contributed by atoms with Crippen LogP contribution >= 0.6 is 11.6 Å². The number of nitrogens with zero attached hydrogens (tertiary/aromatic N) is 4. The summed E-state index contributed by atoms with van der Waals surface area (Å²) in [5, 5.41) is -0.123. The first-order chi connectivity index (χ1) is 16.2. The van der Waals surface area contributed by atoms with Crippen LogP contribution in [0.15, 0.2) is 59.5 Å². The Morgan fingerprint density at radius 3 is 2.50 bits per heavy atom. The van der Waals surface area contributed by atoms with Gasteiger partial charge in [0.25, 0.3) is 5.56 Å². The van der Waals surface area contributed by atoms with E-state index < -0.39 is 5.56 Å². The fourth-order valence-corrected chi connectivity index (χ4v) is 3.70. The number of aryl methyl sites for hydroxylation is 2. The van der Waals surface area contributed by atoms with Gasteiger partial charge < -0.3 is 4.74 Å². The average Bonchev–Trinajstić information content (AvgIpc) is 2.82. The van der Waals surface area contributed by atoms with Gasteiger partial charge in [0.15, 0.2) is 5.02 Å². The topological polar surface area (TPSA) is 69.9 Å². The van der Waals surface area contributed by atoms with Crippen molar-refractivity contribution in [2.45, 2.75) is 40.2 Å². The van der Waals surface area contributed by atoms with Crippen LogP contribution in [0.2, 0.25) is 5.02 Å². The SMILES string of the molecule is Cc1ccc(-c2ccnc(C(C)C)n2)cc1-n1c(C)nc(OCc2ccc(F)cc2)c(Cl)c1=O. The summed E-state index contributed by atoms with van der Waals surface area (Å²) < 4.78 is 20.3. The number of hydrogen-bond acceptors (Lipinski definition) is 5. The molecule has 0 saturated heterocycles. The molecule has 0 aliphatic rings. The lowest BCUT2D eigenvalue weighted by Gasteiger charge is -2.16. The molecule has 6 nitrogen and oxygen atoms in total. The first-order valence-electron chi connectivity index (χ1n) is 10.9. The normalized spacial score (nSPS) is 11.1. The van der Waals surface area contributed by atoms with Gasteiger partial charge in [-0.05, 0) is 49.2 Å². The van der Waals surface area contributed by atoms with Crippen LogP contribution in [-0.4, -0.2) is 19.5 Å². The maximum absolute atomic E-state index is 13.2. The number of benzene rings is 2. The minimum absolute atomic E-state index is 0.0379. The Bertz CT molecular complexity index is 1400. The van der Waals surface area contributed by atoms with E-state index in [9.17, 15) is 9.18 Å². The van der Waals surface area contributed by atoms with Crippen molar-refractivity contribution < 1.29 is 9.13 Å². The van der Waals surface area contributed by atoms with Crippen molar-refractivity contribution in [2.75, 3.05) is 0 Å². The predicted molar refractivity (Wildman–Crippen MR) is 130 cm³/mol. The van der Waals surface area contributed by atoms with Gasteiger partial charge in [0.2, 0.25) is 5.88 Å². The van der Waals surface area contributed by atoms with Crippen molar-refractivity contribution in [3.05, 3.63) is 98.7 Å². The molecule has 0 saturated carbocycles. The minimum atomic E-state index is -0.436. The molecular formula is C26H24ClFN4O2. The molecule has 34 heavy (non-hydrogen) atoms. The van der Waals surface area contributed by atoms with Crippen LogP contribution in [0.25, 0.3) is 16.9 Å². The first-order valence-corrected chi connectivity index (χ1v) is 11.2. The summed E-state index contributed by atoms with van der Waals surface area (Å²) in [5.41, 5.74) is 3.45. The highest BCUT2D eigenvalue weighted by atomic mass is 35.5. The summed E-state index contributed by atoms with van der Waals surface area (Å²) in [6.45, 7) is 7.82. The van der Waals surface area contributed by atoms with E-state index in [0.717, 1.165) is 28.2 Å².